The molecule has 1 nitrogen and oxygen atoms in total. The van der Waals surface area contributed by atoms with Crippen LogP contribution in [0.3, 0.4) is 0 Å². The van der Waals surface area contributed by atoms with Crippen molar-refractivity contribution in [2.75, 3.05) is 5.32 Å². The Morgan fingerprint density at radius 3 is 2.21 bits per heavy atom. The van der Waals surface area contributed by atoms with Crippen molar-refractivity contribution >= 4 is 5.69 Å². The third-order valence-electron chi connectivity index (χ3n) is 3.75. The van der Waals surface area contributed by atoms with E-state index in [2.05, 4.69) is 76.3 Å². The Balaban J connectivity index is 2.25. The van der Waals surface area contributed by atoms with Gasteiger partial charge in [-0.15, -0.1) is 0 Å². The quantitative estimate of drug-likeness (QED) is 0.803. The first-order valence-electron chi connectivity index (χ1n) is 6.88. The average molecular weight is 253 g/mol. The molecule has 100 valence electrons. The van der Waals surface area contributed by atoms with Gasteiger partial charge in [0.25, 0.3) is 0 Å². The molecule has 1 heteroatoms. The van der Waals surface area contributed by atoms with E-state index in [9.17, 15) is 0 Å². The first-order valence-corrected chi connectivity index (χ1v) is 6.88. The van der Waals surface area contributed by atoms with Gasteiger partial charge in [-0.05, 0) is 74.6 Å². The van der Waals surface area contributed by atoms with E-state index < -0.39 is 0 Å². The van der Waals surface area contributed by atoms with E-state index in [1.807, 2.05) is 0 Å². The molecule has 0 heterocycles. The second-order valence-corrected chi connectivity index (χ2v) is 5.53. The average Bonchev–Trinajstić information content (AvgIpc) is 2.33. The molecule has 0 spiro atoms. The van der Waals surface area contributed by atoms with Crippen LogP contribution in [0.25, 0.3) is 0 Å². The van der Waals surface area contributed by atoms with Crippen molar-refractivity contribution < 1.29 is 0 Å². The van der Waals surface area contributed by atoms with Crippen LogP contribution < -0.4 is 5.32 Å². The molecule has 0 fully saturated rings. The van der Waals surface area contributed by atoms with Crippen LogP contribution in [-0.2, 0) is 0 Å². The SMILES string of the molecule is Cc1cccc(NC(C)c2cc(C)c(C)cc2C)c1. The van der Waals surface area contributed by atoms with Crippen molar-refractivity contribution in [1.29, 1.82) is 0 Å². The van der Waals surface area contributed by atoms with Crippen LogP contribution >= 0.6 is 0 Å². The molecule has 0 amide bonds. The zero-order valence-corrected chi connectivity index (χ0v) is 12.5. The molecule has 0 aromatic heterocycles. The van der Waals surface area contributed by atoms with Crippen molar-refractivity contribution in [3.05, 3.63) is 64.2 Å². The molecule has 0 aliphatic rings. The molecule has 0 saturated carbocycles. The van der Waals surface area contributed by atoms with Gasteiger partial charge in [-0.25, -0.2) is 0 Å². The molecule has 0 saturated heterocycles. The van der Waals surface area contributed by atoms with Crippen LogP contribution in [0, 0.1) is 27.7 Å². The Morgan fingerprint density at radius 1 is 0.842 bits per heavy atom. The zero-order chi connectivity index (χ0) is 14.0. The fraction of sp³-hybridized carbons (Fsp3) is 0.333. The van der Waals surface area contributed by atoms with Gasteiger partial charge in [-0.3, -0.25) is 0 Å². The molecule has 0 bridgehead atoms. The van der Waals surface area contributed by atoms with Gasteiger partial charge in [0.2, 0.25) is 0 Å². The van der Waals surface area contributed by atoms with Gasteiger partial charge in [-0.1, -0.05) is 24.3 Å². The lowest BCUT2D eigenvalue weighted by atomic mass is 9.96. The maximum atomic E-state index is 3.59. The topological polar surface area (TPSA) is 12.0 Å². The fourth-order valence-electron chi connectivity index (χ4n) is 2.51. The number of nitrogens with one attached hydrogen (secondary N) is 1. The summed E-state index contributed by atoms with van der Waals surface area (Å²) < 4.78 is 0. The van der Waals surface area contributed by atoms with Crippen LogP contribution in [-0.4, -0.2) is 0 Å². The van der Waals surface area contributed by atoms with Gasteiger partial charge in [0.15, 0.2) is 0 Å². The fourth-order valence-corrected chi connectivity index (χ4v) is 2.51. The number of hydrogen-bond acceptors (Lipinski definition) is 1. The van der Waals surface area contributed by atoms with E-state index >= 15 is 0 Å². The first-order chi connectivity index (χ1) is 8.97. The highest BCUT2D eigenvalue weighted by molar-refractivity contribution is 5.49. The lowest BCUT2D eigenvalue weighted by Crippen LogP contribution is -2.09. The summed E-state index contributed by atoms with van der Waals surface area (Å²) in [5.41, 5.74) is 7.93. The molecule has 2 rings (SSSR count). The number of benzene rings is 2. The number of hydrogen-bond donors (Lipinski definition) is 1. The molecule has 2 aromatic rings. The largest absolute Gasteiger partial charge is 0.379 e. The van der Waals surface area contributed by atoms with Gasteiger partial charge < -0.3 is 5.32 Å². The van der Waals surface area contributed by atoms with Crippen molar-refractivity contribution in [2.24, 2.45) is 0 Å². The van der Waals surface area contributed by atoms with E-state index in [-0.39, 0.29) is 0 Å². The highest BCUT2D eigenvalue weighted by Crippen LogP contribution is 2.25. The minimum absolute atomic E-state index is 0.320. The normalized spacial score (nSPS) is 12.3. The monoisotopic (exact) mass is 253 g/mol. The number of rotatable bonds is 3. The van der Waals surface area contributed by atoms with Gasteiger partial charge >= 0.3 is 0 Å². The Bertz CT molecular complexity index is 584. The van der Waals surface area contributed by atoms with E-state index in [1.54, 1.807) is 0 Å². The summed E-state index contributed by atoms with van der Waals surface area (Å²) in [7, 11) is 0. The molecular weight excluding hydrogens is 230 g/mol. The Morgan fingerprint density at radius 2 is 1.53 bits per heavy atom. The molecule has 1 atom stereocenters. The maximum absolute atomic E-state index is 3.59. The third kappa shape index (κ3) is 3.17. The molecule has 0 radical (unpaired) electrons. The number of aryl methyl sites for hydroxylation is 4. The summed E-state index contributed by atoms with van der Waals surface area (Å²) in [6.45, 7) is 10.9. The Hall–Kier alpha value is -1.76. The summed E-state index contributed by atoms with van der Waals surface area (Å²) in [6.07, 6.45) is 0. The number of anilines is 1. The van der Waals surface area contributed by atoms with Crippen LogP contribution in [0.5, 0.6) is 0 Å². The van der Waals surface area contributed by atoms with Crippen LogP contribution in [0.15, 0.2) is 36.4 Å². The minimum atomic E-state index is 0.320. The third-order valence-corrected chi connectivity index (χ3v) is 3.75. The second kappa shape index (κ2) is 5.48. The minimum Gasteiger partial charge on any atom is -0.379 e. The van der Waals surface area contributed by atoms with Crippen molar-refractivity contribution in [3.63, 3.8) is 0 Å². The second-order valence-electron chi connectivity index (χ2n) is 5.53. The molecule has 0 aliphatic carbocycles. The standard InChI is InChI=1S/C18H23N/c1-12-7-6-8-17(9-12)19-16(5)18-11-14(3)13(2)10-15(18)4/h6-11,16,19H,1-5H3. The van der Waals surface area contributed by atoms with E-state index in [1.165, 1.54) is 33.5 Å². The maximum Gasteiger partial charge on any atom is 0.0488 e. The van der Waals surface area contributed by atoms with Gasteiger partial charge in [-0.2, -0.15) is 0 Å². The summed E-state index contributed by atoms with van der Waals surface area (Å²) >= 11 is 0. The van der Waals surface area contributed by atoms with E-state index in [4.69, 9.17) is 0 Å². The van der Waals surface area contributed by atoms with Crippen molar-refractivity contribution in [3.8, 4) is 0 Å². The Kier molecular flexibility index (Phi) is 3.94. The molecule has 2 aromatic carbocycles. The van der Waals surface area contributed by atoms with Crippen LogP contribution in [0.1, 0.15) is 40.8 Å². The molecule has 1 unspecified atom stereocenters. The highest BCUT2D eigenvalue weighted by atomic mass is 14.9. The molecule has 19 heavy (non-hydrogen) atoms. The zero-order valence-electron chi connectivity index (χ0n) is 12.5. The van der Waals surface area contributed by atoms with E-state index in [0.717, 1.165) is 0 Å². The van der Waals surface area contributed by atoms with Crippen molar-refractivity contribution in [2.45, 2.75) is 40.7 Å². The smallest absolute Gasteiger partial charge is 0.0488 e. The lowest BCUT2D eigenvalue weighted by Gasteiger charge is -2.19. The van der Waals surface area contributed by atoms with Crippen LogP contribution in [0.4, 0.5) is 5.69 Å². The molecule has 1 N–H and O–H groups in total. The van der Waals surface area contributed by atoms with Gasteiger partial charge in [0.05, 0.1) is 0 Å². The van der Waals surface area contributed by atoms with E-state index in [0.29, 0.717) is 6.04 Å². The summed E-state index contributed by atoms with van der Waals surface area (Å²) in [6, 6.07) is 13.4. The highest BCUT2D eigenvalue weighted by Gasteiger charge is 2.10. The molecular formula is C18H23N. The lowest BCUT2D eigenvalue weighted by molar-refractivity contribution is 0.870. The summed E-state index contributed by atoms with van der Waals surface area (Å²) in [4.78, 5) is 0. The summed E-state index contributed by atoms with van der Waals surface area (Å²) in [5.74, 6) is 0. The Labute approximate surface area is 116 Å². The predicted molar refractivity (Wildman–Crippen MR) is 83.9 cm³/mol. The molecule has 0 aliphatic heterocycles. The van der Waals surface area contributed by atoms with Gasteiger partial charge in [0, 0.05) is 11.7 Å². The van der Waals surface area contributed by atoms with Gasteiger partial charge in [0.1, 0.15) is 0 Å². The van der Waals surface area contributed by atoms with Crippen molar-refractivity contribution in [1.82, 2.24) is 0 Å². The summed E-state index contributed by atoms with van der Waals surface area (Å²) in [5, 5.41) is 3.59. The first kappa shape index (κ1) is 13.7. The predicted octanol–water partition coefficient (Wildman–Crippen LogP) is 5.09. The van der Waals surface area contributed by atoms with Crippen LogP contribution in [0.2, 0.25) is 0 Å².